The molecule has 2 aromatic carbocycles. The number of nitrogens with one attached hydrogen (secondary N) is 2. The number of fused-ring (bicyclic) bond motifs is 1. The fraction of sp³-hybridized carbons (Fsp3) is 0.118. The lowest BCUT2D eigenvalue weighted by atomic mass is 10.1. The van der Waals surface area contributed by atoms with Gasteiger partial charge in [-0.3, -0.25) is 4.79 Å². The summed E-state index contributed by atoms with van der Waals surface area (Å²) in [7, 11) is 0. The van der Waals surface area contributed by atoms with Gasteiger partial charge in [-0.15, -0.1) is 0 Å². The van der Waals surface area contributed by atoms with Crippen molar-refractivity contribution in [2.24, 2.45) is 0 Å². The first-order chi connectivity index (χ1) is 10.2. The molecule has 0 unspecified atom stereocenters. The van der Waals surface area contributed by atoms with Crippen LogP contribution in [0.3, 0.4) is 0 Å². The number of carbonyl (C=O) groups is 1. The fourth-order valence-corrected chi connectivity index (χ4v) is 2.39. The highest BCUT2D eigenvalue weighted by Gasteiger charge is 2.06. The summed E-state index contributed by atoms with van der Waals surface area (Å²) in [5.74, 6) is -0.0490. The van der Waals surface area contributed by atoms with Crippen LogP contribution >= 0.6 is 11.6 Å². The van der Waals surface area contributed by atoms with Crippen molar-refractivity contribution >= 4 is 28.4 Å². The summed E-state index contributed by atoms with van der Waals surface area (Å²) < 4.78 is 0. The molecule has 3 rings (SSSR count). The van der Waals surface area contributed by atoms with Crippen LogP contribution in [-0.4, -0.2) is 17.4 Å². The van der Waals surface area contributed by atoms with Gasteiger partial charge in [0.05, 0.1) is 0 Å². The topological polar surface area (TPSA) is 44.9 Å². The molecule has 3 aromatic rings. The highest BCUT2D eigenvalue weighted by atomic mass is 35.5. The van der Waals surface area contributed by atoms with Gasteiger partial charge in [0.15, 0.2) is 0 Å². The molecule has 0 spiro atoms. The van der Waals surface area contributed by atoms with Gasteiger partial charge in [0.1, 0.15) is 0 Å². The zero-order valence-electron chi connectivity index (χ0n) is 11.4. The van der Waals surface area contributed by atoms with Gasteiger partial charge in [0, 0.05) is 34.2 Å². The molecule has 0 atom stereocenters. The molecular weight excluding hydrogens is 284 g/mol. The summed E-state index contributed by atoms with van der Waals surface area (Å²) in [6, 6.07) is 15.3. The van der Waals surface area contributed by atoms with Gasteiger partial charge in [0.2, 0.25) is 0 Å². The monoisotopic (exact) mass is 298 g/mol. The van der Waals surface area contributed by atoms with Crippen LogP contribution in [0.15, 0.2) is 54.7 Å². The van der Waals surface area contributed by atoms with Crippen LogP contribution in [0.5, 0.6) is 0 Å². The van der Waals surface area contributed by atoms with Gasteiger partial charge in [-0.05, 0) is 48.4 Å². The Morgan fingerprint density at radius 1 is 1.10 bits per heavy atom. The van der Waals surface area contributed by atoms with E-state index in [2.05, 4.69) is 10.3 Å². The van der Waals surface area contributed by atoms with E-state index in [1.54, 1.807) is 0 Å². The predicted molar refractivity (Wildman–Crippen MR) is 85.8 cm³/mol. The standard InChI is InChI=1S/C17H15ClN2O/c18-15-4-1-12(2-5-15)7-9-20-17(21)14-3-6-16-13(11-14)8-10-19-16/h1-6,8,10-11,19H,7,9H2,(H,20,21). The molecule has 0 bridgehead atoms. The molecule has 0 saturated carbocycles. The van der Waals surface area contributed by atoms with E-state index in [4.69, 9.17) is 11.6 Å². The molecule has 21 heavy (non-hydrogen) atoms. The third-order valence-electron chi connectivity index (χ3n) is 3.43. The molecule has 1 amide bonds. The molecule has 0 aliphatic heterocycles. The van der Waals surface area contributed by atoms with Crippen molar-refractivity contribution < 1.29 is 4.79 Å². The third-order valence-corrected chi connectivity index (χ3v) is 3.68. The van der Waals surface area contributed by atoms with Crippen LogP contribution < -0.4 is 5.32 Å². The maximum atomic E-state index is 12.1. The number of aromatic nitrogens is 1. The highest BCUT2D eigenvalue weighted by molar-refractivity contribution is 6.30. The number of amides is 1. The highest BCUT2D eigenvalue weighted by Crippen LogP contribution is 2.14. The normalized spacial score (nSPS) is 10.7. The van der Waals surface area contributed by atoms with E-state index in [1.807, 2.05) is 54.7 Å². The first-order valence-corrected chi connectivity index (χ1v) is 7.20. The van der Waals surface area contributed by atoms with Crippen molar-refractivity contribution in [1.82, 2.24) is 10.3 Å². The van der Waals surface area contributed by atoms with Crippen LogP contribution in [0.25, 0.3) is 10.9 Å². The Hall–Kier alpha value is -2.26. The van der Waals surface area contributed by atoms with Crippen molar-refractivity contribution in [3.8, 4) is 0 Å². The minimum atomic E-state index is -0.0490. The Bertz CT molecular complexity index is 762. The second kappa shape index (κ2) is 6.02. The maximum Gasteiger partial charge on any atom is 0.251 e. The van der Waals surface area contributed by atoms with Crippen LogP contribution in [0.4, 0.5) is 0 Å². The number of aromatic amines is 1. The molecule has 0 aliphatic carbocycles. The van der Waals surface area contributed by atoms with Crippen LogP contribution in [0.1, 0.15) is 15.9 Å². The summed E-state index contributed by atoms with van der Waals surface area (Å²) in [6.45, 7) is 0.603. The predicted octanol–water partition coefficient (Wildman–Crippen LogP) is 3.79. The second-order valence-corrected chi connectivity index (χ2v) is 5.35. The van der Waals surface area contributed by atoms with Crippen molar-refractivity contribution in [2.45, 2.75) is 6.42 Å². The van der Waals surface area contributed by atoms with Crippen molar-refractivity contribution in [1.29, 1.82) is 0 Å². The van der Waals surface area contributed by atoms with Crippen molar-refractivity contribution in [3.63, 3.8) is 0 Å². The molecule has 0 radical (unpaired) electrons. The number of hydrogen-bond acceptors (Lipinski definition) is 1. The van der Waals surface area contributed by atoms with E-state index in [1.165, 1.54) is 0 Å². The van der Waals surface area contributed by atoms with Crippen LogP contribution in [0, 0.1) is 0 Å². The van der Waals surface area contributed by atoms with Crippen LogP contribution in [0.2, 0.25) is 5.02 Å². The summed E-state index contributed by atoms with van der Waals surface area (Å²) >= 11 is 5.84. The van der Waals surface area contributed by atoms with Gasteiger partial charge in [-0.2, -0.15) is 0 Å². The van der Waals surface area contributed by atoms with E-state index in [9.17, 15) is 4.79 Å². The van der Waals surface area contributed by atoms with E-state index in [0.717, 1.165) is 27.9 Å². The summed E-state index contributed by atoms with van der Waals surface area (Å²) in [6.07, 6.45) is 2.65. The minimum absolute atomic E-state index is 0.0490. The van der Waals surface area contributed by atoms with Gasteiger partial charge in [-0.25, -0.2) is 0 Å². The van der Waals surface area contributed by atoms with E-state index >= 15 is 0 Å². The number of hydrogen-bond donors (Lipinski definition) is 2. The molecule has 2 N–H and O–H groups in total. The number of benzene rings is 2. The fourth-order valence-electron chi connectivity index (χ4n) is 2.27. The zero-order valence-corrected chi connectivity index (χ0v) is 12.2. The SMILES string of the molecule is O=C(NCCc1ccc(Cl)cc1)c1ccc2[nH]ccc2c1. The molecule has 0 saturated heterocycles. The molecule has 0 aliphatic rings. The Kier molecular flexibility index (Phi) is 3.93. The zero-order chi connectivity index (χ0) is 14.7. The Morgan fingerprint density at radius 2 is 1.90 bits per heavy atom. The molecule has 1 aromatic heterocycles. The summed E-state index contributed by atoms with van der Waals surface area (Å²) in [4.78, 5) is 15.2. The Balaban J connectivity index is 1.59. The van der Waals surface area contributed by atoms with Gasteiger partial charge in [-0.1, -0.05) is 23.7 Å². The minimum Gasteiger partial charge on any atom is -0.361 e. The molecule has 4 heteroatoms. The first kappa shape index (κ1) is 13.7. The third kappa shape index (κ3) is 3.26. The molecule has 3 nitrogen and oxygen atoms in total. The van der Waals surface area contributed by atoms with Gasteiger partial charge >= 0.3 is 0 Å². The number of carbonyl (C=O) groups excluding carboxylic acids is 1. The Morgan fingerprint density at radius 3 is 2.71 bits per heavy atom. The van der Waals surface area contributed by atoms with E-state index < -0.39 is 0 Å². The van der Waals surface area contributed by atoms with Crippen molar-refractivity contribution in [3.05, 3.63) is 70.9 Å². The smallest absolute Gasteiger partial charge is 0.251 e. The second-order valence-electron chi connectivity index (χ2n) is 4.91. The first-order valence-electron chi connectivity index (χ1n) is 6.82. The van der Waals surface area contributed by atoms with Crippen LogP contribution in [-0.2, 0) is 6.42 Å². The summed E-state index contributed by atoms with van der Waals surface area (Å²) in [5, 5.41) is 4.70. The van der Waals surface area contributed by atoms with Gasteiger partial charge in [0.25, 0.3) is 5.91 Å². The Labute approximate surface area is 127 Å². The van der Waals surface area contributed by atoms with E-state index in [0.29, 0.717) is 12.1 Å². The molecule has 0 fully saturated rings. The average molecular weight is 299 g/mol. The molecule has 106 valence electrons. The largest absolute Gasteiger partial charge is 0.361 e. The van der Waals surface area contributed by atoms with E-state index in [-0.39, 0.29) is 5.91 Å². The molecular formula is C17H15ClN2O. The maximum absolute atomic E-state index is 12.1. The lowest BCUT2D eigenvalue weighted by molar-refractivity contribution is 0.0954. The lowest BCUT2D eigenvalue weighted by Gasteiger charge is -2.06. The van der Waals surface area contributed by atoms with Gasteiger partial charge < -0.3 is 10.3 Å². The molecule has 1 heterocycles. The quantitative estimate of drug-likeness (QED) is 0.756. The number of halogens is 1. The average Bonchev–Trinajstić information content (AvgIpc) is 2.96. The lowest BCUT2D eigenvalue weighted by Crippen LogP contribution is -2.25. The number of H-pyrrole nitrogens is 1. The summed E-state index contributed by atoms with van der Waals surface area (Å²) in [5.41, 5.74) is 2.87. The number of rotatable bonds is 4. The van der Waals surface area contributed by atoms with Crippen molar-refractivity contribution in [2.75, 3.05) is 6.54 Å².